The number of esters is 2. The van der Waals surface area contributed by atoms with Gasteiger partial charge >= 0.3 is 11.9 Å². The maximum Gasteiger partial charge on any atom is 0.348 e. The summed E-state index contributed by atoms with van der Waals surface area (Å²) in [5.41, 5.74) is 1.75. The molecule has 0 saturated carbocycles. The molecule has 0 N–H and O–H groups in total. The first-order valence-electron chi connectivity index (χ1n) is 7.91. The highest BCUT2D eigenvalue weighted by atomic mass is 19.1. The lowest BCUT2D eigenvalue weighted by molar-refractivity contribution is -0.222. The summed E-state index contributed by atoms with van der Waals surface area (Å²) in [5, 5.41) is 0. The van der Waals surface area contributed by atoms with Crippen LogP contribution in [0, 0.1) is 5.82 Å². The second-order valence-electron chi connectivity index (χ2n) is 6.21. The Morgan fingerprint density at radius 1 is 1.00 bits per heavy atom. The highest BCUT2D eigenvalue weighted by molar-refractivity contribution is 6.18. The van der Waals surface area contributed by atoms with Crippen LogP contribution >= 0.6 is 0 Å². The molecule has 1 aliphatic rings. The zero-order valence-electron chi connectivity index (χ0n) is 14.5. The van der Waals surface area contributed by atoms with Gasteiger partial charge in [0.05, 0.1) is 7.11 Å². The number of rotatable bonds is 3. The van der Waals surface area contributed by atoms with E-state index in [4.69, 9.17) is 14.2 Å². The Bertz CT molecular complexity index is 892. The molecule has 0 radical (unpaired) electrons. The predicted molar refractivity (Wildman–Crippen MR) is 92.6 cm³/mol. The largest absolute Gasteiger partial charge is 0.494 e. The topological polar surface area (TPSA) is 61.8 Å². The summed E-state index contributed by atoms with van der Waals surface area (Å²) in [7, 11) is 1.40. The lowest BCUT2D eigenvalue weighted by Gasteiger charge is -2.29. The third-order valence-electron chi connectivity index (χ3n) is 3.80. The summed E-state index contributed by atoms with van der Waals surface area (Å²) in [6.07, 6.45) is 1.39. The van der Waals surface area contributed by atoms with Gasteiger partial charge in [0.15, 0.2) is 11.6 Å². The van der Waals surface area contributed by atoms with Crippen molar-refractivity contribution >= 4 is 18.0 Å². The van der Waals surface area contributed by atoms with Gasteiger partial charge in [-0.2, -0.15) is 0 Å². The first-order chi connectivity index (χ1) is 12.3. The van der Waals surface area contributed by atoms with Crippen molar-refractivity contribution in [1.29, 1.82) is 0 Å². The number of methoxy groups -OCH3 is 1. The summed E-state index contributed by atoms with van der Waals surface area (Å²) in [4.78, 5) is 24.1. The highest BCUT2D eigenvalue weighted by Gasteiger charge is 2.38. The molecule has 0 atom stereocenters. The van der Waals surface area contributed by atoms with Crippen molar-refractivity contribution in [3.05, 3.63) is 59.4 Å². The minimum absolute atomic E-state index is 0.155. The normalized spacial score (nSPS) is 15.9. The van der Waals surface area contributed by atoms with Crippen molar-refractivity contribution in [1.82, 2.24) is 0 Å². The quantitative estimate of drug-likeness (QED) is 0.476. The van der Waals surface area contributed by atoms with E-state index in [0.29, 0.717) is 11.1 Å². The SMILES string of the molecule is COc1ccc(-c2cccc(C=C3C(=O)OC(C)(C)OC3=O)c2)cc1F. The van der Waals surface area contributed by atoms with Crippen molar-refractivity contribution < 1.29 is 28.2 Å². The lowest BCUT2D eigenvalue weighted by Crippen LogP contribution is -2.41. The molecule has 5 nitrogen and oxygen atoms in total. The van der Waals surface area contributed by atoms with Crippen LogP contribution in [0.25, 0.3) is 17.2 Å². The van der Waals surface area contributed by atoms with Crippen molar-refractivity contribution in [2.24, 2.45) is 0 Å². The number of cyclic esters (lactones) is 2. The van der Waals surface area contributed by atoms with Gasteiger partial charge in [0, 0.05) is 13.8 Å². The van der Waals surface area contributed by atoms with E-state index >= 15 is 0 Å². The Labute approximate surface area is 150 Å². The van der Waals surface area contributed by atoms with Gasteiger partial charge < -0.3 is 14.2 Å². The Balaban J connectivity index is 1.94. The van der Waals surface area contributed by atoms with Crippen LogP contribution in [0.15, 0.2) is 48.0 Å². The average Bonchev–Trinajstić information content (AvgIpc) is 2.57. The van der Waals surface area contributed by atoms with Crippen LogP contribution in [0.4, 0.5) is 4.39 Å². The van der Waals surface area contributed by atoms with E-state index < -0.39 is 23.5 Å². The van der Waals surface area contributed by atoms with E-state index in [0.717, 1.165) is 5.56 Å². The van der Waals surface area contributed by atoms with Gasteiger partial charge in [0.25, 0.3) is 5.79 Å². The molecule has 0 spiro atoms. The van der Waals surface area contributed by atoms with Gasteiger partial charge in [-0.05, 0) is 41.0 Å². The van der Waals surface area contributed by atoms with E-state index in [1.165, 1.54) is 39.2 Å². The molecule has 1 saturated heterocycles. The first-order valence-corrected chi connectivity index (χ1v) is 7.91. The molecular formula is C20H17FO5. The van der Waals surface area contributed by atoms with Gasteiger partial charge in [-0.25, -0.2) is 14.0 Å². The molecule has 3 rings (SSSR count). The van der Waals surface area contributed by atoms with Crippen molar-refractivity contribution in [2.45, 2.75) is 19.6 Å². The summed E-state index contributed by atoms with van der Waals surface area (Å²) >= 11 is 0. The number of halogens is 1. The molecular weight excluding hydrogens is 339 g/mol. The molecule has 0 aromatic heterocycles. The highest BCUT2D eigenvalue weighted by Crippen LogP contribution is 2.28. The minimum atomic E-state index is -1.28. The number of benzene rings is 2. The Morgan fingerprint density at radius 2 is 1.65 bits per heavy atom. The molecule has 0 amide bonds. The van der Waals surface area contributed by atoms with Crippen LogP contribution in [-0.4, -0.2) is 24.8 Å². The van der Waals surface area contributed by atoms with Crippen molar-refractivity contribution in [3.63, 3.8) is 0 Å². The van der Waals surface area contributed by atoms with Crippen LogP contribution in [-0.2, 0) is 19.1 Å². The third-order valence-corrected chi connectivity index (χ3v) is 3.80. The van der Waals surface area contributed by atoms with Gasteiger partial charge in [0.2, 0.25) is 0 Å². The molecule has 26 heavy (non-hydrogen) atoms. The maximum absolute atomic E-state index is 13.9. The van der Waals surface area contributed by atoms with Crippen LogP contribution in [0.2, 0.25) is 0 Å². The maximum atomic E-state index is 13.9. The summed E-state index contributed by atoms with van der Waals surface area (Å²) in [6.45, 7) is 2.97. The summed E-state index contributed by atoms with van der Waals surface area (Å²) in [6, 6.07) is 11.6. The van der Waals surface area contributed by atoms with Gasteiger partial charge in [-0.3, -0.25) is 0 Å². The van der Waals surface area contributed by atoms with E-state index in [-0.39, 0.29) is 11.3 Å². The molecule has 1 aliphatic heterocycles. The van der Waals surface area contributed by atoms with Crippen LogP contribution in [0.1, 0.15) is 19.4 Å². The number of ether oxygens (including phenoxy) is 3. The Hall–Kier alpha value is -3.15. The molecule has 2 aromatic rings. The zero-order chi connectivity index (χ0) is 18.9. The molecule has 1 heterocycles. The average molecular weight is 356 g/mol. The second-order valence-corrected chi connectivity index (χ2v) is 6.21. The van der Waals surface area contributed by atoms with Crippen molar-refractivity contribution in [2.75, 3.05) is 7.11 Å². The van der Waals surface area contributed by atoms with Gasteiger partial charge in [-0.1, -0.05) is 24.3 Å². The third kappa shape index (κ3) is 3.59. The zero-order valence-corrected chi connectivity index (χ0v) is 14.5. The lowest BCUT2D eigenvalue weighted by atomic mass is 10.0. The fraction of sp³-hybridized carbons (Fsp3) is 0.200. The smallest absolute Gasteiger partial charge is 0.348 e. The summed E-state index contributed by atoms with van der Waals surface area (Å²) in [5.74, 6) is -3.09. The molecule has 134 valence electrons. The number of hydrogen-bond donors (Lipinski definition) is 0. The predicted octanol–water partition coefficient (Wildman–Crippen LogP) is 3.72. The second kappa shape index (κ2) is 6.63. The Morgan fingerprint density at radius 3 is 2.27 bits per heavy atom. The van der Waals surface area contributed by atoms with E-state index in [2.05, 4.69) is 0 Å². The first kappa shape index (κ1) is 17.7. The van der Waals surface area contributed by atoms with Crippen LogP contribution in [0.5, 0.6) is 5.75 Å². The molecule has 0 unspecified atom stereocenters. The van der Waals surface area contributed by atoms with Crippen molar-refractivity contribution in [3.8, 4) is 16.9 Å². The molecule has 0 bridgehead atoms. The van der Waals surface area contributed by atoms with Gasteiger partial charge in [-0.15, -0.1) is 0 Å². The van der Waals surface area contributed by atoms with E-state index in [1.807, 2.05) is 0 Å². The van der Waals surface area contributed by atoms with E-state index in [9.17, 15) is 14.0 Å². The number of carbonyl (C=O) groups excluding carboxylic acids is 2. The molecule has 6 heteroatoms. The standard InChI is InChI=1S/C20H17FO5/c1-20(2)25-18(22)15(19(23)26-20)10-12-5-4-6-13(9-12)14-7-8-17(24-3)16(21)11-14/h4-11H,1-3H3. The van der Waals surface area contributed by atoms with Gasteiger partial charge in [0.1, 0.15) is 5.57 Å². The molecule has 0 aliphatic carbocycles. The number of hydrogen-bond acceptors (Lipinski definition) is 5. The monoisotopic (exact) mass is 356 g/mol. The minimum Gasteiger partial charge on any atom is -0.494 e. The molecule has 1 fully saturated rings. The van der Waals surface area contributed by atoms with Crippen LogP contribution < -0.4 is 4.74 Å². The van der Waals surface area contributed by atoms with Crippen LogP contribution in [0.3, 0.4) is 0 Å². The number of carbonyl (C=O) groups is 2. The summed E-state index contributed by atoms with van der Waals surface area (Å²) < 4.78 is 29.0. The molecule has 2 aromatic carbocycles. The fourth-order valence-electron chi connectivity index (χ4n) is 2.60. The Kier molecular flexibility index (Phi) is 4.50. The fourth-order valence-corrected chi connectivity index (χ4v) is 2.60. The van der Waals surface area contributed by atoms with E-state index in [1.54, 1.807) is 30.3 Å².